The van der Waals surface area contributed by atoms with E-state index in [9.17, 15) is 4.79 Å². The van der Waals surface area contributed by atoms with Crippen molar-refractivity contribution in [1.29, 1.82) is 0 Å². The van der Waals surface area contributed by atoms with Crippen molar-refractivity contribution >= 4 is 29.2 Å². The van der Waals surface area contributed by atoms with Crippen LogP contribution in [0.15, 0.2) is 40.9 Å². The van der Waals surface area contributed by atoms with Gasteiger partial charge in [0, 0.05) is 21.4 Å². The van der Waals surface area contributed by atoms with E-state index < -0.39 is 11.9 Å². The minimum Gasteiger partial charge on any atom is -0.460 e. The minimum absolute atomic E-state index is 0.262. The van der Waals surface area contributed by atoms with E-state index in [-0.39, 0.29) is 6.10 Å². The molecule has 0 saturated heterocycles. The highest BCUT2D eigenvalue weighted by molar-refractivity contribution is 6.35. The third kappa shape index (κ3) is 3.58. The standard InChI is InChI=1S/C18H18Cl2N2O2/c1-9(2)24-18(23)15-10(3)22-11(4)17(21-5)16(15)13-7-6-12(19)8-14(13)20/h6-9,16,22H,1-4H3. The van der Waals surface area contributed by atoms with Crippen molar-refractivity contribution in [2.75, 3.05) is 0 Å². The first kappa shape index (κ1) is 18.4. The van der Waals surface area contributed by atoms with Crippen LogP contribution in [0.5, 0.6) is 0 Å². The van der Waals surface area contributed by atoms with Crippen molar-refractivity contribution < 1.29 is 9.53 Å². The van der Waals surface area contributed by atoms with E-state index in [0.29, 0.717) is 38.3 Å². The van der Waals surface area contributed by atoms with Crippen LogP contribution in [0.25, 0.3) is 4.85 Å². The molecule has 1 unspecified atom stereocenters. The second kappa shape index (κ2) is 7.29. The molecular formula is C18H18Cl2N2O2. The Bertz CT molecular complexity index is 789. The predicted octanol–water partition coefficient (Wildman–Crippen LogP) is 5.06. The fraction of sp³-hybridized carbons (Fsp3) is 0.333. The van der Waals surface area contributed by atoms with Gasteiger partial charge in [-0.1, -0.05) is 29.3 Å². The summed E-state index contributed by atoms with van der Waals surface area (Å²) in [5, 5.41) is 3.99. The van der Waals surface area contributed by atoms with Crippen LogP contribution in [-0.4, -0.2) is 12.1 Å². The minimum atomic E-state index is -0.584. The largest absolute Gasteiger partial charge is 0.460 e. The van der Waals surface area contributed by atoms with Gasteiger partial charge in [-0.3, -0.25) is 0 Å². The molecule has 6 heteroatoms. The van der Waals surface area contributed by atoms with Crippen molar-refractivity contribution in [3.63, 3.8) is 0 Å². The molecule has 2 rings (SSSR count). The lowest BCUT2D eigenvalue weighted by molar-refractivity contribution is -0.143. The highest BCUT2D eigenvalue weighted by Gasteiger charge is 2.36. The number of nitrogens with zero attached hydrogens (tertiary/aromatic N) is 1. The number of hydrogen-bond acceptors (Lipinski definition) is 3. The fourth-order valence-corrected chi connectivity index (χ4v) is 3.24. The summed E-state index contributed by atoms with van der Waals surface area (Å²) in [6.45, 7) is 14.7. The summed E-state index contributed by atoms with van der Waals surface area (Å²) in [6.07, 6.45) is -0.262. The molecule has 1 atom stereocenters. The van der Waals surface area contributed by atoms with Crippen LogP contribution in [0, 0.1) is 6.57 Å². The molecule has 1 N–H and O–H groups in total. The third-order valence-corrected chi connectivity index (χ3v) is 4.24. The number of hydrogen-bond donors (Lipinski definition) is 1. The van der Waals surface area contributed by atoms with E-state index in [1.807, 2.05) is 0 Å². The third-order valence-electron chi connectivity index (χ3n) is 3.68. The smallest absolute Gasteiger partial charge is 0.335 e. The number of ether oxygens (including phenoxy) is 1. The summed E-state index contributed by atoms with van der Waals surface area (Å²) >= 11 is 12.3. The average Bonchev–Trinajstić information content (AvgIpc) is 2.45. The Morgan fingerprint density at radius 1 is 1.29 bits per heavy atom. The summed E-state index contributed by atoms with van der Waals surface area (Å²) < 4.78 is 5.37. The number of carbonyl (C=O) groups is 1. The molecule has 0 aromatic heterocycles. The van der Waals surface area contributed by atoms with E-state index in [1.54, 1.807) is 45.9 Å². The number of benzene rings is 1. The predicted molar refractivity (Wildman–Crippen MR) is 95.6 cm³/mol. The lowest BCUT2D eigenvalue weighted by Crippen LogP contribution is -2.29. The second-order valence-corrected chi connectivity index (χ2v) is 6.68. The summed E-state index contributed by atoms with van der Waals surface area (Å²) in [5.41, 5.74) is 2.81. The molecule has 0 saturated carbocycles. The zero-order chi connectivity index (χ0) is 18.0. The van der Waals surface area contributed by atoms with Crippen LogP contribution < -0.4 is 5.32 Å². The number of carbonyl (C=O) groups excluding carboxylic acids is 1. The molecule has 4 nitrogen and oxygen atoms in total. The topological polar surface area (TPSA) is 42.7 Å². The van der Waals surface area contributed by atoms with E-state index in [4.69, 9.17) is 34.5 Å². The summed E-state index contributed by atoms with van der Waals surface area (Å²) in [4.78, 5) is 16.3. The van der Waals surface area contributed by atoms with E-state index in [0.717, 1.165) is 0 Å². The normalized spacial score (nSPS) is 17.7. The highest BCUT2D eigenvalue weighted by atomic mass is 35.5. The van der Waals surface area contributed by atoms with Gasteiger partial charge in [0.1, 0.15) is 0 Å². The van der Waals surface area contributed by atoms with Crippen LogP contribution in [0.3, 0.4) is 0 Å². The second-order valence-electron chi connectivity index (χ2n) is 5.84. The Balaban J connectivity index is 2.64. The van der Waals surface area contributed by atoms with Crippen molar-refractivity contribution in [1.82, 2.24) is 5.32 Å². The van der Waals surface area contributed by atoms with Gasteiger partial charge in [0.2, 0.25) is 0 Å². The molecule has 1 aromatic carbocycles. The highest BCUT2D eigenvalue weighted by Crippen LogP contribution is 2.42. The zero-order valence-corrected chi connectivity index (χ0v) is 15.4. The van der Waals surface area contributed by atoms with E-state index >= 15 is 0 Å². The summed E-state index contributed by atoms with van der Waals surface area (Å²) in [5.74, 6) is -1.04. The molecule has 0 aliphatic carbocycles. The Kier molecular flexibility index (Phi) is 5.58. The number of nitrogens with one attached hydrogen (secondary N) is 1. The van der Waals surface area contributed by atoms with Gasteiger partial charge < -0.3 is 10.1 Å². The maximum atomic E-state index is 12.6. The van der Waals surface area contributed by atoms with Crippen molar-refractivity contribution in [3.8, 4) is 0 Å². The van der Waals surface area contributed by atoms with E-state index in [2.05, 4.69) is 10.2 Å². The van der Waals surface area contributed by atoms with Crippen LogP contribution in [0.2, 0.25) is 10.0 Å². The molecule has 1 heterocycles. The van der Waals surface area contributed by atoms with Crippen LogP contribution in [-0.2, 0) is 9.53 Å². The number of rotatable bonds is 3. The Hall–Kier alpha value is -1.96. The Morgan fingerprint density at radius 3 is 2.50 bits per heavy atom. The SMILES string of the molecule is [C-]#[N+]C1=C(C)NC(C)=C(C(=O)OC(C)C)C1c1ccc(Cl)cc1Cl. The lowest BCUT2D eigenvalue weighted by atomic mass is 9.84. The number of dihydropyridines is 1. The van der Waals surface area contributed by atoms with Gasteiger partial charge in [-0.05, 0) is 45.4 Å². The molecule has 24 heavy (non-hydrogen) atoms. The van der Waals surface area contributed by atoms with Crippen molar-refractivity contribution in [3.05, 3.63) is 67.9 Å². The molecule has 0 spiro atoms. The van der Waals surface area contributed by atoms with Crippen molar-refractivity contribution in [2.24, 2.45) is 0 Å². The Morgan fingerprint density at radius 2 is 1.96 bits per heavy atom. The lowest BCUT2D eigenvalue weighted by Gasteiger charge is -2.29. The number of halogens is 2. The van der Waals surface area contributed by atoms with Crippen LogP contribution in [0.1, 0.15) is 39.2 Å². The van der Waals surface area contributed by atoms with Gasteiger partial charge in [-0.15, -0.1) is 0 Å². The van der Waals surface area contributed by atoms with Crippen LogP contribution in [0.4, 0.5) is 0 Å². The molecule has 1 aliphatic heterocycles. The van der Waals surface area contributed by atoms with Gasteiger partial charge in [0.05, 0.1) is 24.2 Å². The van der Waals surface area contributed by atoms with Crippen molar-refractivity contribution in [2.45, 2.75) is 39.7 Å². The first-order chi connectivity index (χ1) is 11.3. The van der Waals surface area contributed by atoms with E-state index in [1.165, 1.54) is 0 Å². The monoisotopic (exact) mass is 364 g/mol. The Labute approximate surface area is 151 Å². The van der Waals surface area contributed by atoms with Gasteiger partial charge >= 0.3 is 5.97 Å². The molecule has 126 valence electrons. The van der Waals surface area contributed by atoms with Gasteiger partial charge in [0.15, 0.2) is 5.70 Å². The molecule has 0 fully saturated rings. The maximum Gasteiger partial charge on any atom is 0.335 e. The quantitative estimate of drug-likeness (QED) is 0.602. The molecule has 1 aliphatic rings. The van der Waals surface area contributed by atoms with Gasteiger partial charge in [0.25, 0.3) is 0 Å². The number of esters is 1. The molecule has 0 bridgehead atoms. The zero-order valence-electron chi connectivity index (χ0n) is 13.9. The van der Waals surface area contributed by atoms with Crippen LogP contribution >= 0.6 is 23.2 Å². The first-order valence-electron chi connectivity index (χ1n) is 7.48. The molecule has 0 radical (unpaired) electrons. The fourth-order valence-electron chi connectivity index (χ4n) is 2.72. The maximum absolute atomic E-state index is 12.6. The molecular weight excluding hydrogens is 347 g/mol. The first-order valence-corrected chi connectivity index (χ1v) is 8.23. The summed E-state index contributed by atoms with van der Waals surface area (Å²) in [7, 11) is 0. The van der Waals surface area contributed by atoms with Gasteiger partial charge in [-0.2, -0.15) is 0 Å². The number of allylic oxidation sites excluding steroid dienone is 3. The molecule has 0 amide bonds. The molecule has 1 aromatic rings. The summed E-state index contributed by atoms with van der Waals surface area (Å²) in [6, 6.07) is 5.05. The average molecular weight is 365 g/mol. The van der Waals surface area contributed by atoms with Gasteiger partial charge in [-0.25, -0.2) is 9.64 Å².